The summed E-state index contributed by atoms with van der Waals surface area (Å²) < 4.78 is 5.99. The van der Waals surface area contributed by atoms with Gasteiger partial charge in [0.2, 0.25) is 0 Å². The summed E-state index contributed by atoms with van der Waals surface area (Å²) in [6.45, 7) is 3.80. The van der Waals surface area contributed by atoms with Crippen molar-refractivity contribution in [1.82, 2.24) is 5.32 Å². The third kappa shape index (κ3) is 4.83. The van der Waals surface area contributed by atoms with Crippen LogP contribution in [0, 0.1) is 13.8 Å². The number of phenols is 1. The lowest BCUT2D eigenvalue weighted by atomic mass is 10.0. The highest BCUT2D eigenvalue weighted by molar-refractivity contribution is 5.97. The molecular formula is C27H23NO6. The summed E-state index contributed by atoms with van der Waals surface area (Å²) in [4.78, 5) is 36.9. The highest BCUT2D eigenvalue weighted by Gasteiger charge is 2.21. The second kappa shape index (κ2) is 9.23. The topological polar surface area (TPSA) is 117 Å². The standard InChI is InChI=1S/C27H23NO6/c1-15-11-16(2)25-21(12-15)23(30)14-24(34-25)18-5-7-19(8-6-18)26(31)28-22(27(32)33)13-17-3-9-20(29)10-4-17/h3-12,14,22,29H,13H2,1-2H3,(H,28,31)(H,32,33). The van der Waals surface area contributed by atoms with Gasteiger partial charge in [-0.3, -0.25) is 9.59 Å². The first-order valence-corrected chi connectivity index (χ1v) is 10.7. The van der Waals surface area contributed by atoms with E-state index < -0.39 is 17.9 Å². The molecule has 1 aromatic heterocycles. The van der Waals surface area contributed by atoms with E-state index >= 15 is 0 Å². The number of hydrogen-bond donors (Lipinski definition) is 3. The molecule has 1 unspecified atom stereocenters. The van der Waals surface area contributed by atoms with Gasteiger partial charge in [-0.15, -0.1) is 0 Å². The number of phenolic OH excluding ortho intramolecular Hbond substituents is 1. The first-order valence-electron chi connectivity index (χ1n) is 10.7. The molecule has 34 heavy (non-hydrogen) atoms. The molecule has 1 atom stereocenters. The summed E-state index contributed by atoms with van der Waals surface area (Å²) in [6.07, 6.45) is 0.0699. The van der Waals surface area contributed by atoms with Gasteiger partial charge in [0, 0.05) is 23.6 Å². The summed E-state index contributed by atoms with van der Waals surface area (Å²) in [5, 5.41) is 21.9. The molecule has 0 saturated carbocycles. The van der Waals surface area contributed by atoms with Crippen molar-refractivity contribution in [3.63, 3.8) is 0 Å². The van der Waals surface area contributed by atoms with Crippen LogP contribution in [0.1, 0.15) is 27.0 Å². The number of rotatable bonds is 6. The van der Waals surface area contributed by atoms with Gasteiger partial charge >= 0.3 is 5.97 Å². The molecule has 3 N–H and O–H groups in total. The minimum Gasteiger partial charge on any atom is -0.508 e. The Hall–Kier alpha value is -4.39. The largest absolute Gasteiger partial charge is 0.508 e. The highest BCUT2D eigenvalue weighted by Crippen LogP contribution is 2.25. The van der Waals surface area contributed by atoms with Crippen molar-refractivity contribution >= 4 is 22.8 Å². The zero-order chi connectivity index (χ0) is 24.4. The summed E-state index contributed by atoms with van der Waals surface area (Å²) >= 11 is 0. The average Bonchev–Trinajstić information content (AvgIpc) is 2.80. The van der Waals surface area contributed by atoms with Crippen LogP contribution < -0.4 is 10.7 Å². The van der Waals surface area contributed by atoms with Gasteiger partial charge < -0.3 is 19.9 Å². The molecule has 0 aliphatic heterocycles. The lowest BCUT2D eigenvalue weighted by Crippen LogP contribution is -2.42. The quantitative estimate of drug-likeness (QED) is 0.399. The number of aryl methyl sites for hydroxylation is 2. The fraction of sp³-hybridized carbons (Fsp3) is 0.148. The Labute approximate surface area is 195 Å². The molecule has 0 bridgehead atoms. The van der Waals surface area contributed by atoms with Crippen LogP contribution in [0.3, 0.4) is 0 Å². The third-order valence-electron chi connectivity index (χ3n) is 5.57. The second-order valence-electron chi connectivity index (χ2n) is 8.25. The van der Waals surface area contributed by atoms with E-state index in [-0.39, 0.29) is 23.2 Å². The number of nitrogens with one attached hydrogen (secondary N) is 1. The Morgan fingerprint density at radius 2 is 1.65 bits per heavy atom. The SMILES string of the molecule is Cc1cc(C)c2oc(-c3ccc(C(=O)NC(Cc4ccc(O)cc4)C(=O)O)cc3)cc(=O)c2c1. The Kier molecular flexibility index (Phi) is 6.19. The van der Waals surface area contributed by atoms with E-state index in [4.69, 9.17) is 4.42 Å². The maximum Gasteiger partial charge on any atom is 0.326 e. The van der Waals surface area contributed by atoms with Crippen molar-refractivity contribution in [1.29, 1.82) is 0 Å². The first kappa shape index (κ1) is 22.8. The predicted molar refractivity (Wildman–Crippen MR) is 128 cm³/mol. The molecule has 7 heteroatoms. The average molecular weight is 457 g/mol. The molecule has 4 aromatic rings. The van der Waals surface area contributed by atoms with E-state index in [1.807, 2.05) is 19.9 Å². The van der Waals surface area contributed by atoms with Gasteiger partial charge in [-0.25, -0.2) is 4.79 Å². The number of carbonyl (C=O) groups excluding carboxylic acids is 1. The smallest absolute Gasteiger partial charge is 0.326 e. The number of carboxylic acids is 1. The molecule has 0 saturated heterocycles. The molecular weight excluding hydrogens is 434 g/mol. The van der Waals surface area contributed by atoms with Crippen LogP contribution in [0.2, 0.25) is 0 Å². The fourth-order valence-electron chi connectivity index (χ4n) is 3.85. The van der Waals surface area contributed by atoms with E-state index in [1.54, 1.807) is 42.5 Å². The Balaban J connectivity index is 1.54. The van der Waals surface area contributed by atoms with Crippen molar-refractivity contribution in [2.75, 3.05) is 0 Å². The molecule has 1 heterocycles. The highest BCUT2D eigenvalue weighted by atomic mass is 16.4. The summed E-state index contributed by atoms with van der Waals surface area (Å²) in [7, 11) is 0. The summed E-state index contributed by atoms with van der Waals surface area (Å²) in [5.41, 5.74) is 3.77. The molecule has 0 aliphatic carbocycles. The van der Waals surface area contributed by atoms with Crippen LogP contribution in [-0.2, 0) is 11.2 Å². The molecule has 1 amide bonds. The van der Waals surface area contributed by atoms with Gasteiger partial charge in [-0.05, 0) is 60.9 Å². The lowest BCUT2D eigenvalue weighted by Gasteiger charge is -2.15. The molecule has 0 radical (unpaired) electrons. The predicted octanol–water partition coefficient (Wildman–Crippen LogP) is 4.21. The Morgan fingerprint density at radius 3 is 2.29 bits per heavy atom. The molecule has 4 rings (SSSR count). The third-order valence-corrected chi connectivity index (χ3v) is 5.57. The van der Waals surface area contributed by atoms with Crippen LogP contribution in [0.25, 0.3) is 22.3 Å². The minimum atomic E-state index is -1.17. The zero-order valence-electron chi connectivity index (χ0n) is 18.7. The molecule has 0 aliphatic rings. The zero-order valence-corrected chi connectivity index (χ0v) is 18.7. The number of aliphatic carboxylic acids is 1. The number of hydrogen-bond acceptors (Lipinski definition) is 5. The van der Waals surface area contributed by atoms with E-state index in [0.29, 0.717) is 27.9 Å². The van der Waals surface area contributed by atoms with Gasteiger partial charge in [0.25, 0.3) is 5.91 Å². The summed E-state index contributed by atoms with van der Waals surface area (Å²) in [6, 6.07) is 16.6. The van der Waals surface area contributed by atoms with Crippen LogP contribution in [-0.4, -0.2) is 28.1 Å². The van der Waals surface area contributed by atoms with Crippen LogP contribution in [0.5, 0.6) is 5.75 Å². The van der Waals surface area contributed by atoms with Crippen LogP contribution in [0.15, 0.2) is 75.9 Å². The van der Waals surface area contributed by atoms with Gasteiger partial charge in [0.15, 0.2) is 5.43 Å². The maximum absolute atomic E-state index is 12.7. The van der Waals surface area contributed by atoms with Crippen LogP contribution >= 0.6 is 0 Å². The normalized spacial score (nSPS) is 11.8. The Bertz CT molecular complexity index is 1440. The molecule has 3 aromatic carbocycles. The summed E-state index contributed by atoms with van der Waals surface area (Å²) in [5.74, 6) is -1.25. The number of benzene rings is 3. The van der Waals surface area contributed by atoms with Gasteiger partial charge in [0.1, 0.15) is 23.1 Å². The number of fused-ring (bicyclic) bond motifs is 1. The lowest BCUT2D eigenvalue weighted by molar-refractivity contribution is -0.139. The van der Waals surface area contributed by atoms with Gasteiger partial charge in [0.05, 0.1) is 5.39 Å². The second-order valence-corrected chi connectivity index (χ2v) is 8.25. The fourth-order valence-corrected chi connectivity index (χ4v) is 3.85. The van der Waals surface area contributed by atoms with E-state index in [9.17, 15) is 24.6 Å². The van der Waals surface area contributed by atoms with E-state index in [0.717, 1.165) is 11.1 Å². The monoisotopic (exact) mass is 457 g/mol. The van der Waals surface area contributed by atoms with Crippen molar-refractivity contribution in [2.24, 2.45) is 0 Å². The van der Waals surface area contributed by atoms with Crippen molar-refractivity contribution in [2.45, 2.75) is 26.3 Å². The molecule has 0 fully saturated rings. The van der Waals surface area contributed by atoms with Crippen molar-refractivity contribution in [3.05, 3.63) is 99.2 Å². The molecule has 0 spiro atoms. The number of carbonyl (C=O) groups is 2. The Morgan fingerprint density at radius 1 is 0.971 bits per heavy atom. The van der Waals surface area contributed by atoms with Crippen LogP contribution in [0.4, 0.5) is 0 Å². The molecule has 172 valence electrons. The number of amides is 1. The number of carboxylic acid groups (broad SMARTS) is 1. The van der Waals surface area contributed by atoms with Crippen molar-refractivity contribution in [3.8, 4) is 17.1 Å². The van der Waals surface area contributed by atoms with E-state index in [2.05, 4.69) is 5.32 Å². The van der Waals surface area contributed by atoms with Crippen molar-refractivity contribution < 1.29 is 24.2 Å². The molecule has 7 nitrogen and oxygen atoms in total. The number of aromatic hydroxyl groups is 1. The van der Waals surface area contributed by atoms with Gasteiger partial charge in [-0.2, -0.15) is 0 Å². The van der Waals surface area contributed by atoms with E-state index in [1.165, 1.54) is 18.2 Å². The van der Waals surface area contributed by atoms with Gasteiger partial charge in [-0.1, -0.05) is 30.3 Å². The first-order chi connectivity index (χ1) is 16.2. The minimum absolute atomic E-state index is 0.0699. The maximum atomic E-state index is 12.7.